The van der Waals surface area contributed by atoms with Gasteiger partial charge in [-0.3, -0.25) is 0 Å². The molecule has 3 aromatic heterocycles. The van der Waals surface area contributed by atoms with E-state index in [-0.39, 0.29) is 0 Å². The van der Waals surface area contributed by atoms with Gasteiger partial charge in [0, 0.05) is 16.8 Å². The summed E-state index contributed by atoms with van der Waals surface area (Å²) in [5, 5.41) is 8.75. The van der Waals surface area contributed by atoms with Gasteiger partial charge in [0.1, 0.15) is 7.05 Å². The zero-order chi connectivity index (χ0) is 20.9. The first-order valence-electron chi connectivity index (χ1n) is 10.5. The predicted molar refractivity (Wildman–Crippen MR) is 128 cm³/mol. The van der Waals surface area contributed by atoms with Gasteiger partial charge < -0.3 is 4.40 Å². The summed E-state index contributed by atoms with van der Waals surface area (Å²) in [6.45, 7) is 9.92. The molecule has 0 amide bonds. The van der Waals surface area contributed by atoms with Gasteiger partial charge in [0.25, 0.3) is 0 Å². The molecule has 7 aromatic rings. The highest BCUT2D eigenvalue weighted by Gasteiger charge is 2.25. The van der Waals surface area contributed by atoms with Gasteiger partial charge >= 0.3 is 0 Å². The fraction of sp³-hybridized carbons (Fsp3) is 0.0714. The van der Waals surface area contributed by atoms with Crippen molar-refractivity contribution >= 4 is 65.5 Å². The number of hydrogen-bond donors (Lipinski definition) is 0. The molecule has 0 bridgehead atoms. The maximum Gasteiger partial charge on any atom is 0.224 e. The maximum absolute atomic E-state index is 7.67. The van der Waals surface area contributed by atoms with Crippen LogP contribution in [0.2, 0.25) is 0 Å². The molecule has 0 saturated carbocycles. The molecule has 31 heavy (non-hydrogen) atoms. The van der Waals surface area contributed by atoms with Crippen LogP contribution >= 0.6 is 0 Å². The van der Waals surface area contributed by atoms with E-state index in [0.717, 1.165) is 10.9 Å². The maximum atomic E-state index is 7.67. The van der Waals surface area contributed by atoms with Crippen LogP contribution in [0, 0.1) is 13.5 Å². The average molecular weight is 396 g/mol. The van der Waals surface area contributed by atoms with Crippen LogP contribution in [-0.2, 0) is 7.05 Å². The van der Waals surface area contributed by atoms with Crippen LogP contribution in [0.3, 0.4) is 0 Å². The van der Waals surface area contributed by atoms with Crippen molar-refractivity contribution in [2.45, 2.75) is 6.92 Å². The van der Waals surface area contributed by atoms with Crippen molar-refractivity contribution in [2.24, 2.45) is 7.05 Å². The third kappa shape index (κ3) is 1.86. The SMILES string of the molecule is [C-]#[N+]c1cc2cc[n+](C)c3c4c(C)c5ccccc5c5c6ccccc6n(c(c1)c23)c45. The number of aryl methyl sites for hydroxylation is 2. The summed E-state index contributed by atoms with van der Waals surface area (Å²) in [5.74, 6) is 0. The molecule has 0 saturated heterocycles. The summed E-state index contributed by atoms with van der Waals surface area (Å²) < 4.78 is 4.63. The highest BCUT2D eigenvalue weighted by molar-refractivity contribution is 6.33. The molecule has 0 unspecified atom stereocenters. The minimum absolute atomic E-state index is 0.675. The first kappa shape index (κ1) is 16.6. The summed E-state index contributed by atoms with van der Waals surface area (Å²) in [7, 11) is 2.13. The summed E-state index contributed by atoms with van der Waals surface area (Å²) in [4.78, 5) is 3.79. The van der Waals surface area contributed by atoms with Crippen LogP contribution in [0.1, 0.15) is 5.56 Å². The number of hydrogen-bond acceptors (Lipinski definition) is 0. The van der Waals surface area contributed by atoms with E-state index in [0.29, 0.717) is 5.69 Å². The second-order valence-electron chi connectivity index (χ2n) is 8.44. The van der Waals surface area contributed by atoms with Crippen molar-refractivity contribution in [3.05, 3.63) is 89.9 Å². The Morgan fingerprint density at radius 2 is 1.55 bits per heavy atom. The van der Waals surface area contributed by atoms with E-state index in [9.17, 15) is 0 Å². The molecule has 0 aliphatic rings. The molecule has 7 rings (SSSR count). The predicted octanol–water partition coefficient (Wildman–Crippen LogP) is 6.83. The summed E-state index contributed by atoms with van der Waals surface area (Å²) in [5.41, 5.74) is 6.74. The lowest BCUT2D eigenvalue weighted by Crippen LogP contribution is -2.28. The largest absolute Gasteiger partial charge is 0.309 e. The van der Waals surface area contributed by atoms with E-state index in [1.807, 2.05) is 6.07 Å². The van der Waals surface area contributed by atoms with Gasteiger partial charge in [0.05, 0.1) is 33.9 Å². The van der Waals surface area contributed by atoms with Gasteiger partial charge in [-0.05, 0) is 46.8 Å². The van der Waals surface area contributed by atoms with E-state index in [2.05, 4.69) is 94.6 Å². The summed E-state index contributed by atoms with van der Waals surface area (Å²) in [6, 6.07) is 23.6. The minimum Gasteiger partial charge on any atom is -0.309 e. The van der Waals surface area contributed by atoms with Crippen LogP contribution in [0.25, 0.3) is 64.6 Å². The number of para-hydroxylation sites is 1. The lowest BCUT2D eigenvalue weighted by molar-refractivity contribution is -0.643. The molecule has 0 atom stereocenters. The van der Waals surface area contributed by atoms with Gasteiger partial charge in [-0.15, -0.1) is 0 Å². The smallest absolute Gasteiger partial charge is 0.224 e. The van der Waals surface area contributed by atoms with Crippen molar-refractivity contribution in [2.75, 3.05) is 0 Å². The number of fused-ring (bicyclic) bond motifs is 7. The van der Waals surface area contributed by atoms with Crippen LogP contribution < -0.4 is 4.57 Å². The lowest BCUT2D eigenvalue weighted by Gasteiger charge is -2.15. The van der Waals surface area contributed by atoms with E-state index < -0.39 is 0 Å². The van der Waals surface area contributed by atoms with Gasteiger partial charge in [-0.1, -0.05) is 42.5 Å². The number of pyridine rings is 2. The van der Waals surface area contributed by atoms with Crippen LogP contribution in [0.15, 0.2) is 72.9 Å². The van der Waals surface area contributed by atoms with Gasteiger partial charge in [-0.25, -0.2) is 9.41 Å². The van der Waals surface area contributed by atoms with Crippen LogP contribution in [0.4, 0.5) is 5.69 Å². The molecule has 0 radical (unpaired) electrons. The normalized spacial score (nSPS) is 12.2. The van der Waals surface area contributed by atoms with Gasteiger partial charge in [0.2, 0.25) is 5.52 Å². The van der Waals surface area contributed by atoms with Crippen molar-refractivity contribution < 1.29 is 4.57 Å². The van der Waals surface area contributed by atoms with E-state index >= 15 is 0 Å². The Balaban J connectivity index is 2.03. The Kier molecular flexibility index (Phi) is 2.95. The van der Waals surface area contributed by atoms with E-state index in [1.54, 1.807) is 0 Å². The molecule has 0 spiro atoms. The Hall–Kier alpha value is -4.16. The van der Waals surface area contributed by atoms with E-state index in [4.69, 9.17) is 6.57 Å². The molecule has 3 heteroatoms. The zero-order valence-corrected chi connectivity index (χ0v) is 17.3. The quantitative estimate of drug-likeness (QED) is 0.115. The first-order valence-corrected chi connectivity index (χ1v) is 10.5. The highest BCUT2D eigenvalue weighted by Crippen LogP contribution is 2.45. The van der Waals surface area contributed by atoms with Gasteiger partial charge in [0.15, 0.2) is 11.9 Å². The van der Waals surface area contributed by atoms with Crippen molar-refractivity contribution in [1.82, 2.24) is 4.40 Å². The first-order chi connectivity index (χ1) is 15.2. The molecule has 0 aliphatic carbocycles. The molecule has 0 N–H and O–H groups in total. The van der Waals surface area contributed by atoms with Crippen LogP contribution in [0.5, 0.6) is 0 Å². The number of aromatic nitrogens is 2. The summed E-state index contributed by atoms with van der Waals surface area (Å²) in [6.07, 6.45) is 2.12. The molecule has 3 nitrogen and oxygen atoms in total. The third-order valence-electron chi connectivity index (χ3n) is 6.89. The molecule has 4 aromatic carbocycles. The average Bonchev–Trinajstić information content (AvgIpc) is 3.15. The second-order valence-corrected chi connectivity index (χ2v) is 8.44. The second kappa shape index (κ2) is 5.50. The van der Waals surface area contributed by atoms with Crippen molar-refractivity contribution in [1.29, 1.82) is 0 Å². The zero-order valence-electron chi connectivity index (χ0n) is 17.3. The fourth-order valence-electron chi connectivity index (χ4n) is 5.64. The van der Waals surface area contributed by atoms with E-state index in [1.165, 1.54) is 54.4 Å². The van der Waals surface area contributed by atoms with Gasteiger partial charge in [-0.2, -0.15) is 0 Å². The number of rotatable bonds is 0. The Morgan fingerprint density at radius 3 is 2.35 bits per heavy atom. The third-order valence-corrected chi connectivity index (χ3v) is 6.89. The lowest BCUT2D eigenvalue weighted by atomic mass is 9.94. The van der Waals surface area contributed by atoms with Crippen molar-refractivity contribution in [3.63, 3.8) is 0 Å². The Labute approximate surface area is 178 Å². The Morgan fingerprint density at radius 1 is 0.806 bits per heavy atom. The molecule has 144 valence electrons. The number of benzene rings is 4. The topological polar surface area (TPSA) is 12.7 Å². The Bertz CT molecular complexity index is 1920. The molecule has 0 aliphatic heterocycles. The standard InChI is InChI=1S/C28H18N3/c1-16-19-8-4-5-9-20(19)26-21-10-6-7-11-22(21)31-23-15-18(29-2)14-17-12-13-30(3)27(25(17)23)24(16)28(26)31/h4-15H,1,3H3/q+1. The van der Waals surface area contributed by atoms with Crippen LogP contribution in [-0.4, -0.2) is 4.40 Å². The molecule has 3 heterocycles. The minimum atomic E-state index is 0.675. The summed E-state index contributed by atoms with van der Waals surface area (Å²) >= 11 is 0. The molecular weight excluding hydrogens is 378 g/mol. The molecule has 0 fully saturated rings. The highest BCUT2D eigenvalue weighted by atomic mass is 15.0. The van der Waals surface area contributed by atoms with Crippen molar-refractivity contribution in [3.8, 4) is 0 Å². The monoisotopic (exact) mass is 396 g/mol. The fourth-order valence-corrected chi connectivity index (χ4v) is 5.64. The number of nitrogens with zero attached hydrogens (tertiary/aromatic N) is 3. The molecular formula is C28H18N3+.